The van der Waals surface area contributed by atoms with E-state index in [-0.39, 0.29) is 16.1 Å². The Morgan fingerprint density at radius 3 is 2.14 bits per heavy atom. The maximum Gasteiger partial charge on any atom is 0.399 e. The minimum atomic E-state index is -4.58. The van der Waals surface area contributed by atoms with Crippen molar-refractivity contribution in [1.82, 2.24) is 10.6 Å². The number of aryl methyl sites for hydroxylation is 1. The van der Waals surface area contributed by atoms with Crippen molar-refractivity contribution in [2.45, 2.75) is 51.1 Å². The summed E-state index contributed by atoms with van der Waals surface area (Å²) >= 11 is 12.3. The van der Waals surface area contributed by atoms with Crippen molar-refractivity contribution < 1.29 is 35.9 Å². The fourth-order valence-corrected chi connectivity index (χ4v) is 4.63. The molecule has 0 aliphatic rings. The van der Waals surface area contributed by atoms with Crippen LogP contribution in [-0.2, 0) is 4.79 Å². The Morgan fingerprint density at radius 1 is 1.03 bits per heavy atom. The van der Waals surface area contributed by atoms with Crippen LogP contribution in [0.2, 0.25) is 5.02 Å². The van der Waals surface area contributed by atoms with Gasteiger partial charge in [-0.25, -0.2) is 0 Å². The molecule has 13 heteroatoms. The summed E-state index contributed by atoms with van der Waals surface area (Å²) in [6, 6.07) is 6.94. The Bertz CT molecular complexity index is 1160. The lowest BCUT2D eigenvalue weighted by Crippen LogP contribution is -2.46. The fraction of sp³-hybridized carbons (Fsp3) is 0.333. The van der Waals surface area contributed by atoms with Crippen LogP contribution in [-0.4, -0.2) is 30.3 Å². The highest BCUT2D eigenvalue weighted by molar-refractivity contribution is 9.11. The molecule has 0 aromatic heterocycles. The van der Waals surface area contributed by atoms with Gasteiger partial charge in [0, 0.05) is 20.9 Å². The summed E-state index contributed by atoms with van der Waals surface area (Å²) in [5, 5.41) is 4.95. The Morgan fingerprint density at radius 2 is 1.62 bits per heavy atom. The summed E-state index contributed by atoms with van der Waals surface area (Å²) in [4.78, 5) is 24.2. The Labute approximate surface area is 231 Å². The van der Waals surface area contributed by atoms with Gasteiger partial charge in [-0.3, -0.25) is 9.59 Å². The molecule has 2 amide bonds. The van der Waals surface area contributed by atoms with Crippen LogP contribution in [0.25, 0.3) is 6.08 Å². The number of hydrogen-bond donors (Lipinski definition) is 2. The number of halogens is 9. The molecule has 202 valence electrons. The molecule has 0 spiro atoms. The highest BCUT2D eigenvalue weighted by atomic mass is 79.9. The summed E-state index contributed by atoms with van der Waals surface area (Å²) in [7, 11) is 0. The number of allylic oxidation sites excluding steroid dienone is 1. The number of carbonyl (C=O) groups is 2. The smallest absolute Gasteiger partial charge is 0.336 e. The zero-order chi connectivity index (χ0) is 28.1. The lowest BCUT2D eigenvalue weighted by molar-refractivity contribution is -0.144. The average Bonchev–Trinajstić information content (AvgIpc) is 2.74. The lowest BCUT2D eigenvalue weighted by atomic mass is 9.96. The zero-order valence-corrected chi connectivity index (χ0v) is 23.3. The summed E-state index contributed by atoms with van der Waals surface area (Å²) in [5.41, 5.74) is 0.997. The molecule has 2 N–H and O–H groups in total. The van der Waals surface area contributed by atoms with Crippen LogP contribution in [0.15, 0.2) is 45.4 Å². The van der Waals surface area contributed by atoms with Crippen LogP contribution < -0.4 is 10.6 Å². The zero-order valence-electron chi connectivity index (χ0n) is 19.3. The minimum absolute atomic E-state index is 0.0362. The molecular formula is C24H21Br2ClF6N2O2. The molecular weight excluding hydrogens is 658 g/mol. The number of benzene rings is 2. The second-order valence-electron chi connectivity index (χ2n) is 8.13. The first-order valence-corrected chi connectivity index (χ1v) is 12.6. The summed E-state index contributed by atoms with van der Waals surface area (Å²) < 4.78 is 78.7. The van der Waals surface area contributed by atoms with Gasteiger partial charge < -0.3 is 10.6 Å². The summed E-state index contributed by atoms with van der Waals surface area (Å²) in [6.45, 7) is 2.97. The van der Waals surface area contributed by atoms with Crippen molar-refractivity contribution in [3.05, 3.63) is 72.6 Å². The predicted molar refractivity (Wildman–Crippen MR) is 136 cm³/mol. The van der Waals surface area contributed by atoms with Crippen molar-refractivity contribution >= 4 is 61.4 Å². The van der Waals surface area contributed by atoms with E-state index in [1.165, 1.54) is 43.3 Å². The number of hydrogen-bond acceptors (Lipinski definition) is 2. The fourth-order valence-electron chi connectivity index (χ4n) is 3.30. The maximum atomic E-state index is 13.8. The van der Waals surface area contributed by atoms with Crippen molar-refractivity contribution in [3.63, 3.8) is 0 Å². The van der Waals surface area contributed by atoms with E-state index < -0.39 is 49.1 Å². The molecule has 0 saturated heterocycles. The largest absolute Gasteiger partial charge is 0.399 e. The molecule has 2 atom stereocenters. The molecule has 1 unspecified atom stereocenters. The van der Waals surface area contributed by atoms with Gasteiger partial charge in [0.15, 0.2) is 0 Å². The molecule has 0 aliphatic heterocycles. The maximum absolute atomic E-state index is 13.8. The second kappa shape index (κ2) is 12.7. The molecule has 2 aromatic carbocycles. The number of nitrogens with one attached hydrogen (secondary N) is 2. The van der Waals surface area contributed by atoms with Gasteiger partial charge in [0.1, 0.15) is 0 Å². The highest BCUT2D eigenvalue weighted by Gasteiger charge is 2.39. The van der Waals surface area contributed by atoms with Gasteiger partial charge in [0.25, 0.3) is 5.91 Å². The van der Waals surface area contributed by atoms with Crippen LogP contribution in [0.3, 0.4) is 0 Å². The SMILES string of the molecule is Cc1cc(C=CC(c2cc(Br)c(Cl)c(Br)c2)C(F)(F)F)ccc1C(=O)N[C@H](C)NC(=O)CCC(F)(F)F. The second-order valence-corrected chi connectivity index (χ2v) is 10.2. The molecule has 37 heavy (non-hydrogen) atoms. The molecule has 0 saturated carbocycles. The van der Waals surface area contributed by atoms with Crippen LogP contribution >= 0.6 is 43.5 Å². The average molecular weight is 679 g/mol. The van der Waals surface area contributed by atoms with E-state index in [2.05, 4.69) is 42.5 Å². The van der Waals surface area contributed by atoms with Crippen LogP contribution in [0.5, 0.6) is 0 Å². The van der Waals surface area contributed by atoms with Gasteiger partial charge in [-0.1, -0.05) is 35.9 Å². The monoisotopic (exact) mass is 676 g/mol. The van der Waals surface area contributed by atoms with E-state index in [0.29, 0.717) is 20.1 Å². The van der Waals surface area contributed by atoms with E-state index in [0.717, 1.165) is 6.08 Å². The van der Waals surface area contributed by atoms with E-state index in [9.17, 15) is 35.9 Å². The first-order chi connectivity index (χ1) is 17.0. The predicted octanol–water partition coefficient (Wildman–Crippen LogP) is 8.07. The van der Waals surface area contributed by atoms with E-state index >= 15 is 0 Å². The standard InChI is InChI=1S/C24H21Br2ClF6N2O2/c1-12-9-14(4-6-17(24(31,32)33)15-10-18(25)21(27)19(26)11-15)3-5-16(12)22(37)35-13(2)34-20(36)7-8-23(28,29)30/h3-6,9-11,13,17H,7-8H2,1-2H3,(H,34,36)(H,35,37)/t13-,17?/m1/s1. The van der Waals surface area contributed by atoms with Crippen molar-refractivity contribution in [2.24, 2.45) is 0 Å². The van der Waals surface area contributed by atoms with E-state index in [1.54, 1.807) is 6.92 Å². The molecule has 2 rings (SSSR count). The molecule has 0 aliphatic carbocycles. The van der Waals surface area contributed by atoms with Gasteiger partial charge in [0.2, 0.25) is 5.91 Å². The van der Waals surface area contributed by atoms with Crippen molar-refractivity contribution in [1.29, 1.82) is 0 Å². The molecule has 0 fully saturated rings. The van der Waals surface area contributed by atoms with Gasteiger partial charge in [0.05, 0.1) is 23.5 Å². The van der Waals surface area contributed by atoms with Gasteiger partial charge >= 0.3 is 12.4 Å². The molecule has 2 aromatic rings. The Balaban J connectivity index is 2.13. The van der Waals surface area contributed by atoms with Crippen LogP contribution in [0.4, 0.5) is 26.3 Å². The third-order valence-electron chi connectivity index (χ3n) is 5.05. The Kier molecular flexibility index (Phi) is 10.7. The summed E-state index contributed by atoms with van der Waals surface area (Å²) in [6.07, 6.45) is -9.78. The third kappa shape index (κ3) is 9.64. The van der Waals surface area contributed by atoms with E-state index in [1.807, 2.05) is 0 Å². The lowest BCUT2D eigenvalue weighted by Gasteiger charge is -2.19. The Hall–Kier alpha value is -2.05. The molecule has 4 nitrogen and oxygen atoms in total. The van der Waals surface area contributed by atoms with Crippen molar-refractivity contribution in [2.75, 3.05) is 0 Å². The number of amides is 2. The number of rotatable bonds is 8. The molecule has 0 bridgehead atoms. The van der Waals surface area contributed by atoms with Crippen LogP contribution in [0, 0.1) is 6.92 Å². The molecule has 0 heterocycles. The quantitative estimate of drug-likeness (QED) is 0.169. The third-order valence-corrected chi connectivity index (χ3v) is 7.17. The first-order valence-electron chi connectivity index (χ1n) is 10.6. The topological polar surface area (TPSA) is 58.2 Å². The van der Waals surface area contributed by atoms with Crippen molar-refractivity contribution in [3.8, 4) is 0 Å². The number of carbonyl (C=O) groups excluding carboxylic acids is 2. The molecule has 0 radical (unpaired) electrons. The van der Waals surface area contributed by atoms with Gasteiger partial charge in [-0.05, 0) is 80.6 Å². The minimum Gasteiger partial charge on any atom is -0.336 e. The summed E-state index contributed by atoms with van der Waals surface area (Å²) in [5.74, 6) is -3.41. The first kappa shape index (κ1) is 31.2. The highest BCUT2D eigenvalue weighted by Crippen LogP contribution is 2.41. The van der Waals surface area contributed by atoms with Gasteiger partial charge in [-0.15, -0.1) is 0 Å². The van der Waals surface area contributed by atoms with Crippen LogP contribution in [0.1, 0.15) is 52.7 Å². The van der Waals surface area contributed by atoms with E-state index in [4.69, 9.17) is 11.6 Å². The van der Waals surface area contributed by atoms with Gasteiger partial charge in [-0.2, -0.15) is 26.3 Å². The normalized spacial score (nSPS) is 13.9. The number of alkyl halides is 6.